The van der Waals surface area contributed by atoms with E-state index in [9.17, 15) is 14.4 Å². The van der Waals surface area contributed by atoms with Crippen LogP contribution in [0.2, 0.25) is 0 Å². The maximum absolute atomic E-state index is 11.2. The molecule has 0 aromatic carbocycles. The molecule has 0 saturated carbocycles. The van der Waals surface area contributed by atoms with E-state index >= 15 is 0 Å². The van der Waals surface area contributed by atoms with Gasteiger partial charge in [0.2, 0.25) is 5.91 Å². The lowest BCUT2D eigenvalue weighted by Crippen LogP contribution is -2.48. The van der Waals surface area contributed by atoms with E-state index in [0.29, 0.717) is 11.3 Å². The molecule has 2 rings (SSSR count). The van der Waals surface area contributed by atoms with Crippen LogP contribution < -0.4 is 0 Å². The second-order valence-corrected chi connectivity index (χ2v) is 4.67. The summed E-state index contributed by atoms with van der Waals surface area (Å²) in [4.78, 5) is 34.5. The van der Waals surface area contributed by atoms with Gasteiger partial charge in [-0.25, -0.2) is 4.79 Å². The van der Waals surface area contributed by atoms with Crippen molar-refractivity contribution in [3.8, 4) is 0 Å². The number of aliphatic carboxylic acids is 1. The summed E-state index contributed by atoms with van der Waals surface area (Å²) in [5.74, 6) is -1.84. The van der Waals surface area contributed by atoms with Crippen LogP contribution in [-0.2, 0) is 19.1 Å². The van der Waals surface area contributed by atoms with Crippen molar-refractivity contribution in [2.75, 3.05) is 6.61 Å². The Bertz CT molecular complexity index is 416. The molecule has 0 aliphatic carbocycles. The van der Waals surface area contributed by atoms with Crippen molar-refractivity contribution in [3.63, 3.8) is 0 Å². The van der Waals surface area contributed by atoms with Gasteiger partial charge in [-0.15, -0.1) is 0 Å². The monoisotopic (exact) mass is 243 g/mol. The Morgan fingerprint density at radius 3 is 2.81 bits per heavy atom. The number of esters is 1. The molecular weight excluding hydrogens is 234 g/mol. The molecule has 1 unspecified atom stereocenters. The van der Waals surface area contributed by atoms with Gasteiger partial charge in [0.05, 0.1) is 16.7 Å². The third kappa shape index (κ3) is 1.67. The molecule has 1 fully saturated rings. The number of thioether (sulfide) groups is 1. The zero-order valence-corrected chi connectivity index (χ0v) is 9.24. The van der Waals surface area contributed by atoms with Crippen molar-refractivity contribution in [1.29, 1.82) is 0 Å². The molecule has 86 valence electrons. The number of hydrogen-bond donors (Lipinski definition) is 1. The molecule has 0 aromatic heterocycles. The van der Waals surface area contributed by atoms with Crippen molar-refractivity contribution in [1.82, 2.24) is 4.90 Å². The molecule has 1 N–H and O–H groups in total. The predicted octanol–water partition coefficient (Wildman–Crippen LogP) is 0.151. The smallest absolute Gasteiger partial charge is 0.353 e. The van der Waals surface area contributed by atoms with E-state index in [0.717, 1.165) is 0 Å². The van der Waals surface area contributed by atoms with Crippen molar-refractivity contribution < 1.29 is 24.2 Å². The number of amides is 1. The third-order valence-corrected chi connectivity index (χ3v) is 3.54. The largest absolute Gasteiger partial charge is 0.477 e. The van der Waals surface area contributed by atoms with Crippen LogP contribution >= 0.6 is 11.8 Å². The quantitative estimate of drug-likeness (QED) is 0.561. The number of carboxylic acid groups (broad SMARTS) is 1. The van der Waals surface area contributed by atoms with Gasteiger partial charge in [0.1, 0.15) is 12.3 Å². The molecule has 0 bridgehead atoms. The minimum Gasteiger partial charge on any atom is -0.477 e. The average molecular weight is 243 g/mol. The van der Waals surface area contributed by atoms with Crippen LogP contribution in [0.5, 0.6) is 0 Å². The molecule has 6 nitrogen and oxygen atoms in total. The van der Waals surface area contributed by atoms with Gasteiger partial charge in [-0.3, -0.25) is 14.5 Å². The van der Waals surface area contributed by atoms with Crippen LogP contribution in [0, 0.1) is 0 Å². The number of carbonyl (C=O) groups is 3. The summed E-state index contributed by atoms with van der Waals surface area (Å²) in [5.41, 5.74) is -0.0486. The van der Waals surface area contributed by atoms with E-state index in [4.69, 9.17) is 9.84 Å². The van der Waals surface area contributed by atoms with Gasteiger partial charge in [0.15, 0.2) is 0 Å². The van der Waals surface area contributed by atoms with Crippen molar-refractivity contribution in [2.24, 2.45) is 0 Å². The van der Waals surface area contributed by atoms with Gasteiger partial charge in [0, 0.05) is 6.92 Å². The van der Waals surface area contributed by atoms with Gasteiger partial charge in [-0.2, -0.15) is 0 Å². The Hall–Kier alpha value is -1.50. The fraction of sp³-hybridized carbons (Fsp3) is 0.444. The molecular formula is C9H9NO5S. The first-order valence-electron chi connectivity index (χ1n) is 4.59. The number of rotatable bonds is 3. The first-order chi connectivity index (χ1) is 7.50. The second-order valence-electron chi connectivity index (χ2n) is 3.40. The van der Waals surface area contributed by atoms with Gasteiger partial charge in [0.25, 0.3) is 0 Å². The first kappa shape index (κ1) is 11.0. The molecule has 16 heavy (non-hydrogen) atoms. The van der Waals surface area contributed by atoms with E-state index in [1.807, 2.05) is 0 Å². The number of carboxylic acids is 1. The van der Waals surface area contributed by atoms with Crippen molar-refractivity contribution in [3.05, 3.63) is 10.6 Å². The Morgan fingerprint density at radius 2 is 2.31 bits per heavy atom. The van der Waals surface area contributed by atoms with Gasteiger partial charge >= 0.3 is 11.9 Å². The lowest BCUT2D eigenvalue weighted by Gasteiger charge is -2.33. The van der Waals surface area contributed by atoms with E-state index in [1.54, 1.807) is 0 Å². The molecule has 2 heterocycles. The van der Waals surface area contributed by atoms with E-state index < -0.39 is 11.9 Å². The van der Waals surface area contributed by atoms with Crippen molar-refractivity contribution in [2.45, 2.75) is 18.7 Å². The maximum Gasteiger partial charge on any atom is 0.353 e. The number of hydrogen-bond acceptors (Lipinski definition) is 5. The van der Waals surface area contributed by atoms with Crippen LogP contribution in [-0.4, -0.2) is 39.8 Å². The lowest BCUT2D eigenvalue weighted by molar-refractivity contribution is -0.145. The Kier molecular flexibility index (Phi) is 2.63. The topological polar surface area (TPSA) is 83.9 Å². The normalized spacial score (nSPS) is 22.9. The second kappa shape index (κ2) is 3.82. The molecule has 1 amide bonds. The SMILES string of the molecule is CC(=O)OCC1=C(C(=O)O)N2C(=O)CC2S1. The Labute approximate surface area is 95.2 Å². The average Bonchev–Trinajstić information content (AvgIpc) is 2.47. The van der Waals surface area contributed by atoms with Crippen LogP contribution in [0.3, 0.4) is 0 Å². The van der Waals surface area contributed by atoms with Crippen LogP contribution in [0.4, 0.5) is 0 Å². The number of ether oxygens (including phenoxy) is 1. The zero-order valence-electron chi connectivity index (χ0n) is 8.43. The summed E-state index contributed by atoms with van der Waals surface area (Å²) in [6.45, 7) is 1.17. The summed E-state index contributed by atoms with van der Waals surface area (Å²) in [6, 6.07) is 0. The molecule has 0 spiro atoms. The molecule has 7 heteroatoms. The van der Waals surface area contributed by atoms with Crippen LogP contribution in [0.15, 0.2) is 10.6 Å². The highest BCUT2D eigenvalue weighted by Gasteiger charge is 2.48. The summed E-state index contributed by atoms with van der Waals surface area (Å²) < 4.78 is 4.75. The highest BCUT2D eigenvalue weighted by Crippen LogP contribution is 2.45. The summed E-state index contributed by atoms with van der Waals surface area (Å²) >= 11 is 1.27. The zero-order chi connectivity index (χ0) is 11.9. The maximum atomic E-state index is 11.2. The fourth-order valence-electron chi connectivity index (χ4n) is 1.60. The molecule has 0 radical (unpaired) electrons. The van der Waals surface area contributed by atoms with E-state index in [-0.39, 0.29) is 23.6 Å². The molecule has 0 aromatic rings. The molecule has 1 atom stereocenters. The Balaban J connectivity index is 2.18. The molecule has 2 aliphatic heterocycles. The minimum absolute atomic E-state index is 0.0486. The van der Waals surface area contributed by atoms with Gasteiger partial charge in [-0.05, 0) is 0 Å². The minimum atomic E-state index is -1.16. The van der Waals surface area contributed by atoms with Gasteiger partial charge < -0.3 is 9.84 Å². The summed E-state index contributed by atoms with van der Waals surface area (Å²) in [6.07, 6.45) is 0.338. The van der Waals surface area contributed by atoms with Gasteiger partial charge in [-0.1, -0.05) is 11.8 Å². The number of carbonyl (C=O) groups excluding carboxylic acids is 2. The fourth-order valence-corrected chi connectivity index (χ4v) is 2.90. The van der Waals surface area contributed by atoms with Crippen LogP contribution in [0.25, 0.3) is 0 Å². The molecule has 2 aliphatic rings. The highest BCUT2D eigenvalue weighted by molar-refractivity contribution is 8.04. The third-order valence-electron chi connectivity index (χ3n) is 2.30. The molecule has 1 saturated heterocycles. The number of fused-ring (bicyclic) bond motifs is 1. The summed E-state index contributed by atoms with van der Waals surface area (Å²) in [5, 5.41) is 8.85. The van der Waals surface area contributed by atoms with E-state index in [1.165, 1.54) is 23.6 Å². The lowest BCUT2D eigenvalue weighted by atomic mass is 10.1. The number of β-lactam (4-membered cyclic amide) rings is 1. The first-order valence-corrected chi connectivity index (χ1v) is 5.47. The standard InChI is InChI=1S/C9H9NO5S/c1-4(11)15-3-5-8(9(13)14)10-6(12)2-7(10)16-5/h7H,2-3H2,1H3,(H,13,14). The van der Waals surface area contributed by atoms with Crippen molar-refractivity contribution >= 4 is 29.6 Å². The number of nitrogens with zero attached hydrogens (tertiary/aromatic N) is 1. The van der Waals surface area contributed by atoms with E-state index in [2.05, 4.69) is 0 Å². The summed E-state index contributed by atoms with van der Waals surface area (Å²) in [7, 11) is 0. The highest BCUT2D eigenvalue weighted by atomic mass is 32.2. The Morgan fingerprint density at radius 1 is 1.62 bits per heavy atom. The predicted molar refractivity (Wildman–Crippen MR) is 54.1 cm³/mol. The van der Waals surface area contributed by atoms with Crippen LogP contribution in [0.1, 0.15) is 13.3 Å².